The number of imidazole rings is 1. The number of benzene rings is 1. The van der Waals surface area contributed by atoms with Crippen molar-refractivity contribution >= 4 is 11.6 Å². The van der Waals surface area contributed by atoms with Crippen LogP contribution in [-0.4, -0.2) is 73.9 Å². The SMILES string of the molecule is COc1cc(-c2cnc3cc(OCCN(C)C)ccn23)cc(OC(F)F)c1C(=O)NCC(F)(F)F. The van der Waals surface area contributed by atoms with E-state index in [1.807, 2.05) is 19.0 Å². The van der Waals surface area contributed by atoms with Crippen molar-refractivity contribution in [1.82, 2.24) is 19.6 Å². The van der Waals surface area contributed by atoms with E-state index in [4.69, 9.17) is 9.47 Å². The van der Waals surface area contributed by atoms with E-state index in [1.165, 1.54) is 12.3 Å². The molecule has 0 radical (unpaired) electrons. The van der Waals surface area contributed by atoms with Crippen LogP contribution in [0.4, 0.5) is 22.0 Å². The molecule has 2 aromatic heterocycles. The molecule has 0 unspecified atom stereocenters. The van der Waals surface area contributed by atoms with E-state index in [0.29, 0.717) is 30.2 Å². The fourth-order valence-corrected chi connectivity index (χ4v) is 3.19. The Morgan fingerprint density at radius 3 is 2.54 bits per heavy atom. The number of ether oxygens (including phenoxy) is 3. The van der Waals surface area contributed by atoms with Crippen LogP contribution in [-0.2, 0) is 0 Å². The molecular weight excluding hydrogens is 479 g/mol. The lowest BCUT2D eigenvalue weighted by Crippen LogP contribution is -2.34. The van der Waals surface area contributed by atoms with Crippen LogP contribution in [0.5, 0.6) is 17.2 Å². The number of rotatable bonds is 10. The normalized spacial score (nSPS) is 11.8. The summed E-state index contributed by atoms with van der Waals surface area (Å²) >= 11 is 0. The van der Waals surface area contributed by atoms with Gasteiger partial charge in [-0.15, -0.1) is 0 Å². The molecule has 1 aromatic carbocycles. The van der Waals surface area contributed by atoms with E-state index >= 15 is 0 Å². The second kappa shape index (κ2) is 10.8. The molecule has 0 fully saturated rings. The van der Waals surface area contributed by atoms with Crippen molar-refractivity contribution in [3.8, 4) is 28.5 Å². The number of nitrogens with zero attached hydrogens (tertiary/aromatic N) is 3. The first-order chi connectivity index (χ1) is 16.5. The molecule has 3 rings (SSSR count). The molecule has 0 aliphatic carbocycles. The van der Waals surface area contributed by atoms with Gasteiger partial charge in [0.05, 0.1) is 19.0 Å². The zero-order valence-corrected chi connectivity index (χ0v) is 19.0. The third-order valence-electron chi connectivity index (χ3n) is 4.77. The molecule has 0 aliphatic heterocycles. The first-order valence-corrected chi connectivity index (χ1v) is 10.3. The highest BCUT2D eigenvalue weighted by Gasteiger charge is 2.30. The molecule has 0 bridgehead atoms. The maximum Gasteiger partial charge on any atom is 0.405 e. The number of fused-ring (bicyclic) bond motifs is 1. The molecule has 8 nitrogen and oxygen atoms in total. The number of likely N-dealkylation sites (N-methyl/N-ethyl adjacent to an activating group) is 1. The summed E-state index contributed by atoms with van der Waals surface area (Å²) in [5.41, 5.74) is 0.606. The third kappa shape index (κ3) is 6.72. The largest absolute Gasteiger partial charge is 0.496 e. The quantitative estimate of drug-likeness (QED) is 0.425. The van der Waals surface area contributed by atoms with Gasteiger partial charge in [-0.25, -0.2) is 4.98 Å². The fraction of sp³-hybridized carbons (Fsp3) is 0.364. The molecule has 0 atom stereocenters. The maximum absolute atomic E-state index is 13.1. The predicted octanol–water partition coefficient (Wildman–Crippen LogP) is 3.84. The number of hydrogen-bond acceptors (Lipinski definition) is 6. The lowest BCUT2D eigenvalue weighted by atomic mass is 10.1. The van der Waals surface area contributed by atoms with E-state index in [2.05, 4.69) is 9.72 Å². The van der Waals surface area contributed by atoms with Gasteiger partial charge < -0.3 is 24.4 Å². The van der Waals surface area contributed by atoms with Gasteiger partial charge in [0.25, 0.3) is 5.91 Å². The Kier molecular flexibility index (Phi) is 7.99. The molecular formula is C22H23F5N4O4. The Bertz CT molecular complexity index is 1180. The summed E-state index contributed by atoms with van der Waals surface area (Å²) < 4.78 is 80.7. The second-order valence-corrected chi connectivity index (χ2v) is 7.61. The third-order valence-corrected chi connectivity index (χ3v) is 4.77. The van der Waals surface area contributed by atoms with Crippen molar-refractivity contribution in [2.24, 2.45) is 0 Å². The van der Waals surface area contributed by atoms with Crippen LogP contribution >= 0.6 is 0 Å². The van der Waals surface area contributed by atoms with Gasteiger partial charge in [0.15, 0.2) is 0 Å². The molecule has 2 heterocycles. The molecule has 1 N–H and O–H groups in total. The van der Waals surface area contributed by atoms with Crippen LogP contribution in [0, 0.1) is 0 Å². The molecule has 35 heavy (non-hydrogen) atoms. The number of amides is 1. The molecule has 0 spiro atoms. The average Bonchev–Trinajstić information content (AvgIpc) is 3.19. The average molecular weight is 502 g/mol. The molecule has 13 heteroatoms. The minimum atomic E-state index is -4.70. The topological polar surface area (TPSA) is 77.3 Å². The van der Waals surface area contributed by atoms with Crippen LogP contribution in [0.1, 0.15) is 10.4 Å². The van der Waals surface area contributed by atoms with Gasteiger partial charge in [-0.05, 0) is 32.3 Å². The lowest BCUT2D eigenvalue weighted by Gasteiger charge is -2.17. The summed E-state index contributed by atoms with van der Waals surface area (Å²) in [6.07, 6.45) is -1.58. The van der Waals surface area contributed by atoms with Crippen LogP contribution < -0.4 is 19.5 Å². The summed E-state index contributed by atoms with van der Waals surface area (Å²) in [6, 6.07) is 5.82. The number of nitrogens with one attached hydrogen (secondary N) is 1. The van der Waals surface area contributed by atoms with Crippen molar-refractivity contribution in [3.05, 3.63) is 42.2 Å². The number of carbonyl (C=O) groups is 1. The fourth-order valence-electron chi connectivity index (χ4n) is 3.19. The molecule has 1 amide bonds. The summed E-state index contributed by atoms with van der Waals surface area (Å²) in [5, 5.41) is 1.64. The number of halogens is 5. The van der Waals surface area contributed by atoms with Gasteiger partial charge in [-0.1, -0.05) is 0 Å². The van der Waals surface area contributed by atoms with Gasteiger partial charge in [-0.3, -0.25) is 9.20 Å². The first kappa shape index (κ1) is 26.0. The zero-order valence-electron chi connectivity index (χ0n) is 19.0. The van der Waals surface area contributed by atoms with E-state index in [-0.39, 0.29) is 11.3 Å². The smallest absolute Gasteiger partial charge is 0.405 e. The number of pyridine rings is 1. The molecule has 0 saturated carbocycles. The molecule has 0 aliphatic rings. The van der Waals surface area contributed by atoms with Gasteiger partial charge >= 0.3 is 12.8 Å². The summed E-state index contributed by atoms with van der Waals surface area (Å²) in [6.45, 7) is -3.83. The van der Waals surface area contributed by atoms with E-state index in [0.717, 1.165) is 13.2 Å². The first-order valence-electron chi connectivity index (χ1n) is 10.3. The van der Waals surface area contributed by atoms with Crippen LogP contribution in [0.15, 0.2) is 36.7 Å². The minimum absolute atomic E-state index is 0.253. The molecule has 190 valence electrons. The van der Waals surface area contributed by atoms with Gasteiger partial charge in [0, 0.05) is 24.4 Å². The van der Waals surface area contributed by atoms with Crippen LogP contribution in [0.25, 0.3) is 16.9 Å². The Hall–Kier alpha value is -3.61. The highest BCUT2D eigenvalue weighted by atomic mass is 19.4. The Morgan fingerprint density at radius 1 is 1.20 bits per heavy atom. The van der Waals surface area contributed by atoms with Crippen LogP contribution in [0.2, 0.25) is 0 Å². The number of methoxy groups -OCH3 is 1. The zero-order chi connectivity index (χ0) is 25.8. The Balaban J connectivity index is 1.99. The number of aromatic nitrogens is 2. The molecule has 3 aromatic rings. The van der Waals surface area contributed by atoms with Crippen molar-refractivity contribution in [1.29, 1.82) is 0 Å². The number of carbonyl (C=O) groups excluding carboxylic acids is 1. The van der Waals surface area contributed by atoms with Crippen molar-refractivity contribution in [3.63, 3.8) is 0 Å². The maximum atomic E-state index is 13.1. The number of hydrogen-bond donors (Lipinski definition) is 1. The standard InChI is InChI=1S/C22H23F5N4O4/c1-30(2)6-7-34-14-4-5-31-15(11-28-18(31)10-14)13-8-16(33-3)19(17(9-13)35-21(23)24)20(32)29-12-22(25,26)27/h4-5,8-11,21H,6-7,12H2,1-3H3,(H,29,32). The van der Waals surface area contributed by atoms with Crippen molar-refractivity contribution < 1.29 is 41.0 Å². The summed E-state index contributed by atoms with van der Waals surface area (Å²) in [4.78, 5) is 18.7. The van der Waals surface area contributed by atoms with Gasteiger partial charge in [0.2, 0.25) is 0 Å². The Labute approximate surface area is 197 Å². The van der Waals surface area contributed by atoms with Crippen molar-refractivity contribution in [2.45, 2.75) is 12.8 Å². The highest BCUT2D eigenvalue weighted by molar-refractivity contribution is 6.00. The van der Waals surface area contributed by atoms with E-state index in [1.54, 1.807) is 28.0 Å². The van der Waals surface area contributed by atoms with Crippen molar-refractivity contribution in [2.75, 3.05) is 40.9 Å². The lowest BCUT2D eigenvalue weighted by molar-refractivity contribution is -0.123. The van der Waals surface area contributed by atoms with Gasteiger partial charge in [-0.2, -0.15) is 22.0 Å². The van der Waals surface area contributed by atoms with Gasteiger partial charge in [0.1, 0.15) is 41.6 Å². The number of alkyl halides is 5. The molecule has 0 saturated heterocycles. The van der Waals surface area contributed by atoms with E-state index in [9.17, 15) is 26.7 Å². The van der Waals surface area contributed by atoms with E-state index < -0.39 is 36.6 Å². The predicted molar refractivity (Wildman–Crippen MR) is 116 cm³/mol. The summed E-state index contributed by atoms with van der Waals surface area (Å²) in [7, 11) is 4.98. The summed E-state index contributed by atoms with van der Waals surface area (Å²) in [5.74, 6) is -1.60. The Morgan fingerprint density at radius 2 is 1.91 bits per heavy atom. The monoisotopic (exact) mass is 502 g/mol. The second-order valence-electron chi connectivity index (χ2n) is 7.61. The minimum Gasteiger partial charge on any atom is -0.496 e. The van der Waals surface area contributed by atoms with Crippen LogP contribution in [0.3, 0.4) is 0 Å². The highest BCUT2D eigenvalue weighted by Crippen LogP contribution is 2.36.